The van der Waals surface area contributed by atoms with Crippen molar-refractivity contribution in [1.29, 1.82) is 5.26 Å². The molecule has 3 rings (SSSR count). The van der Waals surface area contributed by atoms with E-state index >= 15 is 0 Å². The molecule has 1 aromatic rings. The van der Waals surface area contributed by atoms with Crippen molar-refractivity contribution in [2.45, 2.75) is 37.9 Å². The first-order valence-corrected chi connectivity index (χ1v) is 9.18. The second-order valence-electron chi connectivity index (χ2n) is 7.24. The Bertz CT molecular complexity index is 802. The summed E-state index contributed by atoms with van der Waals surface area (Å²) in [4.78, 5) is 26.2. The number of benzene rings is 1. The number of rotatable bonds is 5. The van der Waals surface area contributed by atoms with Crippen LogP contribution in [0.1, 0.15) is 26.2 Å². The molecule has 150 valence electrons. The molecule has 0 aliphatic carbocycles. The molecule has 2 aliphatic rings. The lowest BCUT2D eigenvalue weighted by Gasteiger charge is -2.38. The van der Waals surface area contributed by atoms with Crippen molar-refractivity contribution in [3.05, 3.63) is 24.0 Å². The smallest absolute Gasteiger partial charge is 0.414 e. The minimum absolute atomic E-state index is 0.0684. The molecular weight excluding hydrogens is 367 g/mol. The molecule has 9 heteroatoms. The molecule has 2 N–H and O–H groups in total. The first-order valence-electron chi connectivity index (χ1n) is 9.18. The van der Waals surface area contributed by atoms with Crippen molar-refractivity contribution in [2.75, 3.05) is 36.0 Å². The van der Waals surface area contributed by atoms with E-state index in [1.54, 1.807) is 12.1 Å². The highest BCUT2D eigenvalue weighted by Crippen LogP contribution is 2.32. The van der Waals surface area contributed by atoms with Gasteiger partial charge in [0.15, 0.2) is 0 Å². The average molecular weight is 390 g/mol. The Morgan fingerprint density at radius 1 is 1.46 bits per heavy atom. The van der Waals surface area contributed by atoms with E-state index in [-0.39, 0.29) is 25.4 Å². The van der Waals surface area contributed by atoms with Gasteiger partial charge < -0.3 is 20.1 Å². The van der Waals surface area contributed by atoms with E-state index in [0.29, 0.717) is 37.3 Å². The Morgan fingerprint density at radius 3 is 2.79 bits per heavy atom. The molecular formula is C19H23FN4O4. The Hall–Kier alpha value is -2.86. The summed E-state index contributed by atoms with van der Waals surface area (Å²) in [6.07, 6.45) is -0.212. The van der Waals surface area contributed by atoms with E-state index in [1.807, 2.05) is 11.0 Å². The van der Waals surface area contributed by atoms with Crippen LogP contribution in [0.2, 0.25) is 0 Å². The monoisotopic (exact) mass is 390 g/mol. The van der Waals surface area contributed by atoms with Crippen LogP contribution in [0.3, 0.4) is 0 Å². The second kappa shape index (κ2) is 8.02. The number of piperidine rings is 1. The summed E-state index contributed by atoms with van der Waals surface area (Å²) in [5, 5.41) is 21.7. The van der Waals surface area contributed by atoms with Crippen LogP contribution in [0.5, 0.6) is 0 Å². The molecule has 0 unspecified atom stereocenters. The lowest BCUT2D eigenvalue weighted by atomic mass is 9.88. The molecule has 2 aliphatic heterocycles. The minimum atomic E-state index is -1.01. The number of hydrogen-bond acceptors (Lipinski definition) is 6. The Balaban J connectivity index is 1.66. The van der Waals surface area contributed by atoms with Crippen LogP contribution in [-0.4, -0.2) is 55.0 Å². The number of nitrogens with zero attached hydrogens (tertiary/aromatic N) is 3. The zero-order chi connectivity index (χ0) is 20.3. The van der Waals surface area contributed by atoms with E-state index in [4.69, 9.17) is 10.00 Å². The van der Waals surface area contributed by atoms with Crippen LogP contribution in [0, 0.1) is 17.1 Å². The van der Waals surface area contributed by atoms with Crippen LogP contribution in [0.15, 0.2) is 18.2 Å². The topological polar surface area (TPSA) is 106 Å². The molecule has 2 amide bonds. The van der Waals surface area contributed by atoms with E-state index in [1.165, 1.54) is 17.9 Å². The lowest BCUT2D eigenvalue weighted by Crippen LogP contribution is -2.44. The molecule has 0 aromatic heterocycles. The summed E-state index contributed by atoms with van der Waals surface area (Å²) >= 11 is 0. The molecule has 0 bridgehead atoms. The molecule has 0 saturated carbocycles. The van der Waals surface area contributed by atoms with Gasteiger partial charge in [0, 0.05) is 20.0 Å². The summed E-state index contributed by atoms with van der Waals surface area (Å²) in [5.74, 6) is -0.686. The average Bonchev–Trinajstić information content (AvgIpc) is 3.02. The third-order valence-corrected chi connectivity index (χ3v) is 5.14. The number of anilines is 2. The summed E-state index contributed by atoms with van der Waals surface area (Å²) in [6, 6.07) is 6.53. The Morgan fingerprint density at radius 2 is 2.18 bits per heavy atom. The number of carbonyl (C=O) groups is 2. The van der Waals surface area contributed by atoms with Gasteiger partial charge in [0.05, 0.1) is 42.6 Å². The van der Waals surface area contributed by atoms with Gasteiger partial charge >= 0.3 is 6.09 Å². The highest BCUT2D eigenvalue weighted by Gasteiger charge is 2.34. The SMILES string of the molecule is CC(=O)NC[C@H]1CN(c2ccc(N3CCC(O)(CC#N)CC3)c(F)c2)C(=O)O1. The molecule has 1 atom stereocenters. The first kappa shape index (κ1) is 19.9. The van der Waals surface area contributed by atoms with Crippen LogP contribution in [0.4, 0.5) is 20.6 Å². The molecule has 2 fully saturated rings. The van der Waals surface area contributed by atoms with Gasteiger partial charge in [-0.2, -0.15) is 5.26 Å². The highest BCUT2D eigenvalue weighted by atomic mass is 19.1. The number of halogens is 1. The summed E-state index contributed by atoms with van der Waals surface area (Å²) in [6.45, 7) is 2.70. The fourth-order valence-electron chi connectivity index (χ4n) is 3.50. The predicted octanol–water partition coefficient (Wildman–Crippen LogP) is 1.53. The van der Waals surface area contributed by atoms with Crippen molar-refractivity contribution in [3.63, 3.8) is 0 Å². The predicted molar refractivity (Wildman–Crippen MR) is 99.3 cm³/mol. The number of hydrogen-bond donors (Lipinski definition) is 2. The largest absolute Gasteiger partial charge is 0.442 e. The third kappa shape index (κ3) is 4.34. The number of nitriles is 1. The van der Waals surface area contributed by atoms with Gasteiger partial charge in [-0.1, -0.05) is 0 Å². The number of amides is 2. The van der Waals surface area contributed by atoms with Gasteiger partial charge in [0.25, 0.3) is 0 Å². The molecule has 0 radical (unpaired) electrons. The normalized spacial score (nSPS) is 21.2. The van der Waals surface area contributed by atoms with Crippen LogP contribution < -0.4 is 15.1 Å². The number of aliphatic hydroxyl groups is 1. The maximum Gasteiger partial charge on any atom is 0.414 e. The second-order valence-corrected chi connectivity index (χ2v) is 7.24. The van der Waals surface area contributed by atoms with Crippen molar-refractivity contribution >= 4 is 23.4 Å². The van der Waals surface area contributed by atoms with Crippen LogP contribution >= 0.6 is 0 Å². The number of carbonyl (C=O) groups excluding carboxylic acids is 2. The van der Waals surface area contributed by atoms with Gasteiger partial charge in [-0.05, 0) is 31.0 Å². The molecule has 0 spiro atoms. The van der Waals surface area contributed by atoms with Crippen molar-refractivity contribution in [2.24, 2.45) is 0 Å². The summed E-state index contributed by atoms with van der Waals surface area (Å²) in [5.41, 5.74) is -0.233. The summed E-state index contributed by atoms with van der Waals surface area (Å²) in [7, 11) is 0. The van der Waals surface area contributed by atoms with E-state index in [0.717, 1.165) is 0 Å². The molecule has 2 heterocycles. The van der Waals surface area contributed by atoms with E-state index in [9.17, 15) is 19.1 Å². The van der Waals surface area contributed by atoms with Gasteiger partial charge in [0.2, 0.25) is 5.91 Å². The van der Waals surface area contributed by atoms with Gasteiger partial charge in [-0.25, -0.2) is 9.18 Å². The summed E-state index contributed by atoms with van der Waals surface area (Å²) < 4.78 is 19.9. The highest BCUT2D eigenvalue weighted by molar-refractivity contribution is 5.90. The zero-order valence-electron chi connectivity index (χ0n) is 15.7. The number of cyclic esters (lactones) is 1. The van der Waals surface area contributed by atoms with Gasteiger partial charge in [0.1, 0.15) is 11.9 Å². The fourth-order valence-corrected chi connectivity index (χ4v) is 3.50. The van der Waals surface area contributed by atoms with Crippen molar-refractivity contribution in [1.82, 2.24) is 5.32 Å². The Kier molecular flexibility index (Phi) is 5.70. The van der Waals surface area contributed by atoms with Crippen molar-refractivity contribution in [3.8, 4) is 6.07 Å². The molecule has 28 heavy (non-hydrogen) atoms. The van der Waals surface area contributed by atoms with E-state index < -0.39 is 23.6 Å². The van der Waals surface area contributed by atoms with Gasteiger partial charge in [-0.3, -0.25) is 9.69 Å². The quantitative estimate of drug-likeness (QED) is 0.790. The Labute approximate surface area is 162 Å². The minimum Gasteiger partial charge on any atom is -0.442 e. The maximum atomic E-state index is 14.7. The first-order chi connectivity index (χ1) is 13.3. The third-order valence-electron chi connectivity index (χ3n) is 5.14. The molecule has 8 nitrogen and oxygen atoms in total. The van der Waals surface area contributed by atoms with Crippen LogP contribution in [0.25, 0.3) is 0 Å². The van der Waals surface area contributed by atoms with Crippen molar-refractivity contribution < 1.29 is 23.8 Å². The fraction of sp³-hybridized carbons (Fsp3) is 0.526. The van der Waals surface area contributed by atoms with E-state index in [2.05, 4.69) is 5.32 Å². The molecule has 1 aromatic carbocycles. The molecule has 2 saturated heterocycles. The zero-order valence-corrected chi connectivity index (χ0v) is 15.7. The standard InChI is InChI=1S/C19H23FN4O4/c1-13(25)22-11-15-12-24(18(26)28-15)14-2-3-17(16(20)10-14)23-8-5-19(27,4-7-21)6-9-23/h2-3,10,15,27H,4-6,8-9,11-12H2,1H3,(H,22,25)/t15-/m0/s1. The lowest BCUT2D eigenvalue weighted by molar-refractivity contribution is -0.119. The number of nitrogens with one attached hydrogen (secondary N) is 1. The van der Waals surface area contributed by atoms with Gasteiger partial charge in [-0.15, -0.1) is 0 Å². The maximum absolute atomic E-state index is 14.7. The number of ether oxygens (including phenoxy) is 1. The van der Waals surface area contributed by atoms with Crippen LogP contribution in [-0.2, 0) is 9.53 Å².